The summed E-state index contributed by atoms with van der Waals surface area (Å²) in [5, 5.41) is 1.74. The van der Waals surface area contributed by atoms with Gasteiger partial charge in [0.15, 0.2) is 0 Å². The summed E-state index contributed by atoms with van der Waals surface area (Å²) in [4.78, 5) is 38.0. The van der Waals surface area contributed by atoms with Crippen molar-refractivity contribution < 1.29 is 23.2 Å². The van der Waals surface area contributed by atoms with Crippen LogP contribution in [-0.4, -0.2) is 29.9 Å². The maximum Gasteiger partial charge on any atom is 0.336 e. The maximum absolute atomic E-state index is 12.5. The summed E-state index contributed by atoms with van der Waals surface area (Å²) in [5.74, 6) is 0.121. The summed E-state index contributed by atoms with van der Waals surface area (Å²) < 4.78 is 17.2. The molecule has 1 aliphatic heterocycles. The number of hydrogen-bond donors (Lipinski definition) is 0. The van der Waals surface area contributed by atoms with Gasteiger partial charge in [-0.05, 0) is 44.5 Å². The van der Waals surface area contributed by atoms with Gasteiger partial charge in [-0.2, -0.15) is 0 Å². The molecule has 162 valence electrons. The quantitative estimate of drug-likeness (QED) is 0.266. The molecule has 0 saturated heterocycles. The molecule has 5 rings (SSSR count). The molecular formula is C25H21NO6. The lowest BCUT2D eigenvalue weighted by Crippen LogP contribution is -2.33. The summed E-state index contributed by atoms with van der Waals surface area (Å²) in [6, 6.07) is 10.2. The Morgan fingerprint density at radius 1 is 0.875 bits per heavy atom. The molecule has 7 heteroatoms. The minimum absolute atomic E-state index is 0.174. The van der Waals surface area contributed by atoms with Gasteiger partial charge in [-0.3, -0.25) is 14.5 Å². The fourth-order valence-electron chi connectivity index (χ4n) is 4.30. The lowest BCUT2D eigenvalue weighted by atomic mass is 10.0. The monoisotopic (exact) mass is 431 g/mol. The number of imide groups is 1. The molecule has 0 fully saturated rings. The normalized spacial score (nSPS) is 13.5. The average Bonchev–Trinajstić information content (AvgIpc) is 3.21. The molecule has 2 aromatic carbocycles. The summed E-state index contributed by atoms with van der Waals surface area (Å²) in [7, 11) is 0. The average molecular weight is 431 g/mol. The van der Waals surface area contributed by atoms with Gasteiger partial charge in [-0.1, -0.05) is 12.1 Å². The SMILES string of the molecule is Cc1oc2c(C)c3oc(=O)cc(C)c3cc2c1COCCN1C(=O)c2ccccc2C1=O. The van der Waals surface area contributed by atoms with Crippen LogP contribution in [0.15, 0.2) is 50.0 Å². The lowest BCUT2D eigenvalue weighted by molar-refractivity contribution is 0.0544. The van der Waals surface area contributed by atoms with E-state index >= 15 is 0 Å². The zero-order chi connectivity index (χ0) is 22.6. The second-order valence-corrected chi connectivity index (χ2v) is 8.00. The van der Waals surface area contributed by atoms with Crippen molar-refractivity contribution in [3.8, 4) is 0 Å². The van der Waals surface area contributed by atoms with E-state index in [1.54, 1.807) is 24.3 Å². The molecular weight excluding hydrogens is 410 g/mol. The molecule has 0 N–H and O–H groups in total. The highest BCUT2D eigenvalue weighted by Gasteiger charge is 2.34. The number of ether oxygens (including phenoxy) is 1. The van der Waals surface area contributed by atoms with Gasteiger partial charge in [0, 0.05) is 28.0 Å². The Kier molecular flexibility index (Phi) is 4.71. The first-order valence-electron chi connectivity index (χ1n) is 10.4. The number of rotatable bonds is 5. The third kappa shape index (κ3) is 3.05. The smallest absolute Gasteiger partial charge is 0.336 e. The van der Waals surface area contributed by atoms with Crippen molar-refractivity contribution in [2.45, 2.75) is 27.4 Å². The van der Waals surface area contributed by atoms with E-state index in [0.29, 0.717) is 28.1 Å². The third-order valence-electron chi connectivity index (χ3n) is 6.01. The number of aryl methyl sites for hydroxylation is 3. The number of fused-ring (bicyclic) bond motifs is 3. The maximum atomic E-state index is 12.5. The summed E-state index contributed by atoms with van der Waals surface area (Å²) in [6.07, 6.45) is 0. The molecule has 0 atom stereocenters. The van der Waals surface area contributed by atoms with Crippen LogP contribution in [0.4, 0.5) is 0 Å². The number of amides is 2. The van der Waals surface area contributed by atoms with Crippen LogP contribution in [-0.2, 0) is 11.3 Å². The molecule has 0 unspecified atom stereocenters. The highest BCUT2D eigenvalue weighted by atomic mass is 16.5. The molecule has 0 saturated carbocycles. The molecule has 3 heterocycles. The van der Waals surface area contributed by atoms with Crippen LogP contribution in [0.5, 0.6) is 0 Å². The van der Waals surface area contributed by atoms with Crippen molar-refractivity contribution in [3.05, 3.63) is 80.4 Å². The summed E-state index contributed by atoms with van der Waals surface area (Å²) in [6.45, 7) is 6.24. The number of carbonyl (C=O) groups excluding carboxylic acids is 2. The zero-order valence-electron chi connectivity index (χ0n) is 18.0. The number of carbonyl (C=O) groups is 2. The number of benzene rings is 2. The van der Waals surface area contributed by atoms with Crippen LogP contribution in [0.1, 0.15) is 43.2 Å². The standard InChI is InChI=1S/C25H21NO6/c1-13-10-21(27)32-22-14(2)23-19(11-18(13)22)20(15(3)31-23)12-30-9-8-26-24(28)16-6-4-5-7-17(16)25(26)29/h4-7,10-11H,8-9,12H2,1-3H3. The van der Waals surface area contributed by atoms with Crippen LogP contribution in [0.25, 0.3) is 21.9 Å². The van der Waals surface area contributed by atoms with Crippen LogP contribution in [0.3, 0.4) is 0 Å². The van der Waals surface area contributed by atoms with Crippen molar-refractivity contribution in [2.75, 3.05) is 13.2 Å². The van der Waals surface area contributed by atoms with Gasteiger partial charge in [0.2, 0.25) is 0 Å². The Bertz CT molecular complexity index is 1440. The first-order valence-corrected chi connectivity index (χ1v) is 10.4. The Balaban J connectivity index is 1.36. The zero-order valence-corrected chi connectivity index (χ0v) is 18.0. The van der Waals surface area contributed by atoms with Crippen LogP contribution in [0, 0.1) is 20.8 Å². The summed E-state index contributed by atoms with van der Waals surface area (Å²) in [5.41, 5.74) is 4.13. The van der Waals surface area contributed by atoms with Crippen molar-refractivity contribution in [3.63, 3.8) is 0 Å². The van der Waals surface area contributed by atoms with E-state index in [0.717, 1.165) is 27.5 Å². The van der Waals surface area contributed by atoms with E-state index in [1.165, 1.54) is 11.0 Å². The van der Waals surface area contributed by atoms with Gasteiger partial charge in [0.05, 0.1) is 30.9 Å². The predicted molar refractivity (Wildman–Crippen MR) is 118 cm³/mol. The molecule has 0 radical (unpaired) electrons. The van der Waals surface area contributed by atoms with Crippen LogP contribution < -0.4 is 5.63 Å². The topological polar surface area (TPSA) is 90.0 Å². The van der Waals surface area contributed by atoms with Crippen molar-refractivity contribution in [1.29, 1.82) is 0 Å². The lowest BCUT2D eigenvalue weighted by Gasteiger charge is -2.13. The van der Waals surface area contributed by atoms with Crippen molar-refractivity contribution in [1.82, 2.24) is 4.90 Å². The molecule has 7 nitrogen and oxygen atoms in total. The molecule has 2 amide bonds. The van der Waals surface area contributed by atoms with E-state index < -0.39 is 5.63 Å². The Morgan fingerprint density at radius 3 is 2.22 bits per heavy atom. The first kappa shape index (κ1) is 20.2. The third-order valence-corrected chi connectivity index (χ3v) is 6.01. The number of hydrogen-bond acceptors (Lipinski definition) is 6. The number of furan rings is 1. The highest BCUT2D eigenvalue weighted by molar-refractivity contribution is 6.21. The van der Waals surface area contributed by atoms with E-state index in [1.807, 2.05) is 26.8 Å². The second-order valence-electron chi connectivity index (χ2n) is 8.00. The van der Waals surface area contributed by atoms with Crippen LogP contribution >= 0.6 is 0 Å². The highest BCUT2D eigenvalue weighted by Crippen LogP contribution is 2.34. The predicted octanol–water partition coefficient (Wildman–Crippen LogP) is 4.28. The van der Waals surface area contributed by atoms with Gasteiger partial charge in [0.1, 0.15) is 16.9 Å². The van der Waals surface area contributed by atoms with E-state index in [9.17, 15) is 14.4 Å². The summed E-state index contributed by atoms with van der Waals surface area (Å²) >= 11 is 0. The molecule has 0 spiro atoms. The molecule has 4 aromatic rings. The molecule has 32 heavy (non-hydrogen) atoms. The molecule has 0 bridgehead atoms. The Labute approximate surface area is 183 Å². The molecule has 2 aromatic heterocycles. The van der Waals surface area contributed by atoms with Gasteiger partial charge >= 0.3 is 5.63 Å². The van der Waals surface area contributed by atoms with Crippen molar-refractivity contribution in [2.24, 2.45) is 0 Å². The van der Waals surface area contributed by atoms with Gasteiger partial charge in [-0.25, -0.2) is 4.79 Å². The Hall–Kier alpha value is -3.71. The molecule has 1 aliphatic rings. The van der Waals surface area contributed by atoms with Gasteiger partial charge in [0.25, 0.3) is 11.8 Å². The Morgan fingerprint density at radius 2 is 1.53 bits per heavy atom. The largest absolute Gasteiger partial charge is 0.461 e. The molecule has 0 aliphatic carbocycles. The first-order chi connectivity index (χ1) is 15.4. The number of nitrogens with zero attached hydrogens (tertiary/aromatic N) is 1. The minimum atomic E-state index is -0.391. The van der Waals surface area contributed by atoms with E-state index in [4.69, 9.17) is 13.6 Å². The van der Waals surface area contributed by atoms with Crippen molar-refractivity contribution >= 4 is 33.8 Å². The van der Waals surface area contributed by atoms with Crippen LogP contribution in [0.2, 0.25) is 0 Å². The minimum Gasteiger partial charge on any atom is -0.461 e. The fraction of sp³-hybridized carbons (Fsp3) is 0.240. The van der Waals surface area contributed by atoms with Gasteiger partial charge in [-0.15, -0.1) is 0 Å². The fourth-order valence-corrected chi connectivity index (χ4v) is 4.30. The second kappa shape index (κ2) is 7.46. The van der Waals surface area contributed by atoms with Gasteiger partial charge < -0.3 is 13.6 Å². The van der Waals surface area contributed by atoms with E-state index in [2.05, 4.69) is 0 Å². The van der Waals surface area contributed by atoms with E-state index in [-0.39, 0.29) is 31.6 Å².